The molecule has 156 valence electrons. The second kappa shape index (κ2) is 6.44. The van der Waals surface area contributed by atoms with Gasteiger partial charge < -0.3 is 10.6 Å². The normalized spacial score (nSPS) is 41.3. The van der Waals surface area contributed by atoms with Gasteiger partial charge in [0.25, 0.3) is 0 Å². The van der Waals surface area contributed by atoms with Gasteiger partial charge in [0.2, 0.25) is 5.91 Å². The van der Waals surface area contributed by atoms with Gasteiger partial charge in [0.15, 0.2) is 0 Å². The first-order chi connectivity index (χ1) is 13.8. The molecule has 6 rings (SSSR count). The van der Waals surface area contributed by atoms with E-state index in [4.69, 9.17) is 5.73 Å². The van der Waals surface area contributed by atoms with Crippen molar-refractivity contribution in [3.63, 3.8) is 0 Å². The number of carbonyl (C=O) groups excluding carboxylic acids is 1. The van der Waals surface area contributed by atoms with Crippen LogP contribution < -0.4 is 5.73 Å². The zero-order valence-corrected chi connectivity index (χ0v) is 18.3. The SMILES string of the molecule is CC/C=C1/C2CC3(c4ccccc4)CC1C(C(=O)N1CC[C@H](N)C(C)(C)C1)(C2)C3. The van der Waals surface area contributed by atoms with Crippen LogP contribution in [0.4, 0.5) is 0 Å². The molecule has 5 aliphatic rings. The third-order valence-electron chi connectivity index (χ3n) is 8.89. The number of nitrogens with two attached hydrogens (primary N) is 1. The Bertz CT molecular complexity index is 844. The lowest BCUT2D eigenvalue weighted by Gasteiger charge is -2.47. The highest BCUT2D eigenvalue weighted by molar-refractivity contribution is 5.86. The van der Waals surface area contributed by atoms with Gasteiger partial charge in [-0.2, -0.15) is 0 Å². The average Bonchev–Trinajstić information content (AvgIpc) is 3.08. The summed E-state index contributed by atoms with van der Waals surface area (Å²) in [5.74, 6) is 1.46. The molecule has 1 saturated heterocycles. The van der Waals surface area contributed by atoms with Crippen molar-refractivity contribution in [2.45, 2.75) is 70.8 Å². The first-order valence-corrected chi connectivity index (χ1v) is 11.6. The summed E-state index contributed by atoms with van der Waals surface area (Å²) in [7, 11) is 0. The summed E-state index contributed by atoms with van der Waals surface area (Å²) in [5, 5.41) is 0. The molecular weight excluding hydrogens is 356 g/mol. The van der Waals surface area contributed by atoms with Crippen LogP contribution in [0.25, 0.3) is 0 Å². The van der Waals surface area contributed by atoms with Crippen molar-refractivity contribution in [2.24, 2.45) is 28.4 Å². The van der Waals surface area contributed by atoms with E-state index in [-0.39, 0.29) is 22.3 Å². The maximum atomic E-state index is 14.1. The van der Waals surface area contributed by atoms with Crippen LogP contribution >= 0.6 is 0 Å². The molecule has 1 amide bonds. The summed E-state index contributed by atoms with van der Waals surface area (Å²) in [6.45, 7) is 8.31. The Morgan fingerprint density at radius 3 is 2.66 bits per heavy atom. The molecule has 5 atom stereocenters. The Morgan fingerprint density at radius 2 is 1.97 bits per heavy atom. The maximum Gasteiger partial charge on any atom is 0.229 e. The standard InChI is InChI=1S/C26H36N2O/c1-4-8-20-18-13-25(19-9-6-5-7-10-19)15-21(20)26(14-18,16-25)23(29)28-12-11-22(27)24(2,3)17-28/h5-10,18,21-22H,4,11-17,27H2,1-3H3/b20-8-/t18?,21?,22-,25?,26?/m0/s1. The largest absolute Gasteiger partial charge is 0.342 e. The molecule has 0 aromatic heterocycles. The Balaban J connectivity index is 1.52. The summed E-state index contributed by atoms with van der Waals surface area (Å²) in [6.07, 6.45) is 8.95. The smallest absolute Gasteiger partial charge is 0.229 e. The van der Waals surface area contributed by atoms with Gasteiger partial charge in [-0.25, -0.2) is 0 Å². The molecule has 2 N–H and O–H groups in total. The van der Waals surface area contributed by atoms with Gasteiger partial charge in [0, 0.05) is 19.1 Å². The Labute approximate surface area is 175 Å². The highest BCUT2D eigenvalue weighted by Gasteiger charge is 2.69. The molecule has 3 nitrogen and oxygen atoms in total. The average molecular weight is 393 g/mol. The minimum atomic E-state index is -0.183. The van der Waals surface area contributed by atoms with Crippen LogP contribution in [0.1, 0.15) is 64.9 Å². The van der Waals surface area contributed by atoms with Crippen molar-refractivity contribution >= 4 is 5.91 Å². The maximum absolute atomic E-state index is 14.1. The molecule has 1 heterocycles. The number of piperidine rings is 1. The quantitative estimate of drug-likeness (QED) is 0.760. The summed E-state index contributed by atoms with van der Waals surface area (Å²) < 4.78 is 0. The molecule has 4 unspecified atom stereocenters. The molecule has 0 radical (unpaired) electrons. The lowest BCUT2D eigenvalue weighted by Crippen LogP contribution is -2.57. The van der Waals surface area contributed by atoms with Gasteiger partial charge >= 0.3 is 0 Å². The summed E-state index contributed by atoms with van der Waals surface area (Å²) >= 11 is 0. The number of benzene rings is 1. The minimum Gasteiger partial charge on any atom is -0.342 e. The van der Waals surface area contributed by atoms with Crippen LogP contribution in [0.15, 0.2) is 42.0 Å². The predicted molar refractivity (Wildman–Crippen MR) is 117 cm³/mol. The third kappa shape index (κ3) is 2.69. The van der Waals surface area contributed by atoms with E-state index < -0.39 is 0 Å². The third-order valence-corrected chi connectivity index (χ3v) is 8.89. The number of carbonyl (C=O) groups is 1. The van der Waals surface area contributed by atoms with E-state index >= 15 is 0 Å². The van der Waals surface area contributed by atoms with Crippen molar-refractivity contribution in [3.05, 3.63) is 47.5 Å². The van der Waals surface area contributed by atoms with Crippen LogP contribution in [0.5, 0.6) is 0 Å². The Kier molecular flexibility index (Phi) is 4.30. The van der Waals surface area contributed by atoms with Gasteiger partial charge in [0.1, 0.15) is 0 Å². The molecule has 4 bridgehead atoms. The molecule has 29 heavy (non-hydrogen) atoms. The second-order valence-electron chi connectivity index (χ2n) is 11.1. The van der Waals surface area contributed by atoms with Crippen LogP contribution in [-0.2, 0) is 10.2 Å². The van der Waals surface area contributed by atoms with Crippen LogP contribution in [0.2, 0.25) is 0 Å². The predicted octanol–water partition coefficient (Wildman–Crippen LogP) is 4.67. The molecule has 3 heteroatoms. The molecule has 1 aliphatic heterocycles. The van der Waals surface area contributed by atoms with Gasteiger partial charge in [-0.15, -0.1) is 0 Å². The van der Waals surface area contributed by atoms with Gasteiger partial charge in [-0.1, -0.05) is 62.8 Å². The second-order valence-corrected chi connectivity index (χ2v) is 11.1. The molecule has 5 fully saturated rings. The van der Waals surface area contributed by atoms with Crippen molar-refractivity contribution in [2.75, 3.05) is 13.1 Å². The summed E-state index contributed by atoms with van der Waals surface area (Å²) in [6, 6.07) is 11.2. The van der Waals surface area contributed by atoms with E-state index in [1.165, 1.54) is 12.0 Å². The van der Waals surface area contributed by atoms with E-state index in [0.717, 1.165) is 45.2 Å². The zero-order chi connectivity index (χ0) is 20.4. The van der Waals surface area contributed by atoms with Gasteiger partial charge in [0.05, 0.1) is 5.41 Å². The van der Waals surface area contributed by atoms with Gasteiger partial charge in [-0.3, -0.25) is 4.79 Å². The fourth-order valence-electron chi connectivity index (χ4n) is 7.54. The Hall–Kier alpha value is -1.61. The van der Waals surface area contributed by atoms with Crippen molar-refractivity contribution < 1.29 is 4.79 Å². The van der Waals surface area contributed by atoms with E-state index in [1.807, 2.05) is 0 Å². The van der Waals surface area contributed by atoms with E-state index in [2.05, 4.69) is 62.1 Å². The lowest BCUT2D eigenvalue weighted by atomic mass is 9.62. The Morgan fingerprint density at radius 1 is 1.21 bits per heavy atom. The van der Waals surface area contributed by atoms with Crippen molar-refractivity contribution in [1.29, 1.82) is 0 Å². The molecule has 1 aromatic rings. The molecular formula is C26H36N2O. The highest BCUT2D eigenvalue weighted by Crippen LogP contribution is 2.73. The van der Waals surface area contributed by atoms with Gasteiger partial charge in [-0.05, 0) is 66.8 Å². The molecule has 4 aliphatic carbocycles. The highest BCUT2D eigenvalue weighted by atomic mass is 16.2. The topological polar surface area (TPSA) is 46.3 Å². The van der Waals surface area contributed by atoms with Crippen LogP contribution in [0.3, 0.4) is 0 Å². The van der Waals surface area contributed by atoms with Crippen molar-refractivity contribution in [1.82, 2.24) is 4.90 Å². The van der Waals surface area contributed by atoms with E-state index in [0.29, 0.717) is 17.7 Å². The molecule has 0 spiro atoms. The number of allylic oxidation sites excluding steroid dienone is 2. The lowest BCUT2D eigenvalue weighted by molar-refractivity contribution is -0.147. The number of nitrogens with zero attached hydrogens (tertiary/aromatic N) is 1. The number of rotatable bonds is 3. The molecule has 1 aromatic carbocycles. The monoisotopic (exact) mass is 392 g/mol. The van der Waals surface area contributed by atoms with E-state index in [9.17, 15) is 4.79 Å². The fraction of sp³-hybridized carbons (Fsp3) is 0.654. The molecule has 4 saturated carbocycles. The number of hydrogen-bond acceptors (Lipinski definition) is 2. The number of hydrogen-bond donors (Lipinski definition) is 1. The minimum absolute atomic E-state index is 0.000615. The van der Waals surface area contributed by atoms with Crippen LogP contribution in [-0.4, -0.2) is 29.9 Å². The van der Waals surface area contributed by atoms with Crippen LogP contribution in [0, 0.1) is 22.7 Å². The van der Waals surface area contributed by atoms with E-state index in [1.54, 1.807) is 5.57 Å². The number of likely N-dealkylation sites (tertiary alicyclic amines) is 1. The van der Waals surface area contributed by atoms with Crippen molar-refractivity contribution in [3.8, 4) is 0 Å². The summed E-state index contributed by atoms with van der Waals surface area (Å²) in [5.41, 5.74) is 9.45. The summed E-state index contributed by atoms with van der Waals surface area (Å²) in [4.78, 5) is 16.3. The fourth-order valence-corrected chi connectivity index (χ4v) is 7.54. The first-order valence-electron chi connectivity index (χ1n) is 11.6. The first kappa shape index (κ1) is 19.4. The zero-order valence-electron chi connectivity index (χ0n) is 18.3. The number of amides is 1.